The molecule has 0 saturated carbocycles. The number of pyridine rings is 1. The van der Waals surface area contributed by atoms with Crippen LogP contribution in [0.1, 0.15) is 35.4 Å². The van der Waals surface area contributed by atoms with Crippen molar-refractivity contribution in [1.82, 2.24) is 15.2 Å². The Morgan fingerprint density at radius 1 is 1.29 bits per heavy atom. The molecule has 5 heterocycles. The zero-order chi connectivity index (χ0) is 19.3. The Morgan fingerprint density at radius 2 is 2.18 bits per heavy atom. The van der Waals surface area contributed by atoms with Gasteiger partial charge >= 0.3 is 0 Å². The Balaban J connectivity index is 1.47. The minimum absolute atomic E-state index is 0.0443. The van der Waals surface area contributed by atoms with Crippen molar-refractivity contribution < 1.29 is 9.59 Å². The normalized spacial score (nSPS) is 24.4. The summed E-state index contributed by atoms with van der Waals surface area (Å²) in [5.74, 6) is -0.213. The van der Waals surface area contributed by atoms with Crippen LogP contribution in [-0.2, 0) is 4.79 Å². The first-order chi connectivity index (χ1) is 13.6. The van der Waals surface area contributed by atoms with Gasteiger partial charge < -0.3 is 26.2 Å². The molecule has 3 aliphatic rings. The largest absolute Gasteiger partial charge is 0.367 e. The van der Waals surface area contributed by atoms with E-state index >= 15 is 0 Å². The first kappa shape index (κ1) is 17.7. The van der Waals surface area contributed by atoms with Gasteiger partial charge in [0.05, 0.1) is 23.8 Å². The number of aromatic nitrogens is 1. The van der Waals surface area contributed by atoms with Gasteiger partial charge in [0.1, 0.15) is 9.71 Å². The fraction of sp³-hybridized carbons (Fsp3) is 0.526. The maximum atomic E-state index is 12.9. The summed E-state index contributed by atoms with van der Waals surface area (Å²) in [4.78, 5) is 35.0. The van der Waals surface area contributed by atoms with E-state index in [1.54, 1.807) is 6.20 Å². The van der Waals surface area contributed by atoms with Crippen molar-refractivity contribution in [3.8, 4) is 0 Å². The van der Waals surface area contributed by atoms with Crippen LogP contribution in [0.2, 0.25) is 0 Å². The second kappa shape index (κ2) is 6.89. The molecule has 8 nitrogen and oxygen atoms in total. The van der Waals surface area contributed by atoms with E-state index in [1.165, 1.54) is 11.3 Å². The van der Waals surface area contributed by atoms with Crippen LogP contribution in [-0.4, -0.2) is 60.1 Å². The van der Waals surface area contributed by atoms with Crippen LogP contribution in [0.5, 0.6) is 0 Å². The zero-order valence-electron chi connectivity index (χ0n) is 15.6. The number of nitrogens with two attached hydrogens (primary N) is 1. The van der Waals surface area contributed by atoms with Crippen molar-refractivity contribution in [2.75, 3.05) is 36.5 Å². The van der Waals surface area contributed by atoms with Gasteiger partial charge in [0.2, 0.25) is 5.91 Å². The first-order valence-corrected chi connectivity index (χ1v) is 10.7. The molecule has 2 saturated heterocycles. The molecule has 2 aromatic heterocycles. The molecule has 0 radical (unpaired) electrons. The van der Waals surface area contributed by atoms with E-state index in [9.17, 15) is 9.59 Å². The number of rotatable bonds is 3. The maximum Gasteiger partial charge on any atom is 0.261 e. The van der Waals surface area contributed by atoms with Gasteiger partial charge in [-0.1, -0.05) is 0 Å². The van der Waals surface area contributed by atoms with Crippen LogP contribution in [0.4, 0.5) is 11.4 Å². The van der Waals surface area contributed by atoms with E-state index in [0.717, 1.165) is 60.4 Å². The predicted molar refractivity (Wildman–Crippen MR) is 110 cm³/mol. The fourth-order valence-corrected chi connectivity index (χ4v) is 5.71. The monoisotopic (exact) mass is 400 g/mol. The van der Waals surface area contributed by atoms with Gasteiger partial charge in [-0.2, -0.15) is 0 Å². The lowest BCUT2D eigenvalue weighted by Crippen LogP contribution is -2.55. The number of likely N-dealkylation sites (tertiary alicyclic amines) is 1. The highest BCUT2D eigenvalue weighted by Crippen LogP contribution is 2.44. The molecule has 2 amide bonds. The first-order valence-electron chi connectivity index (χ1n) is 9.87. The van der Waals surface area contributed by atoms with Gasteiger partial charge in [0.25, 0.3) is 5.91 Å². The Hall–Kier alpha value is -2.39. The second-order valence-electron chi connectivity index (χ2n) is 7.72. The minimum atomic E-state index is -0.422. The molecule has 0 bridgehead atoms. The van der Waals surface area contributed by atoms with Crippen molar-refractivity contribution in [1.29, 1.82) is 0 Å². The Morgan fingerprint density at radius 3 is 2.96 bits per heavy atom. The summed E-state index contributed by atoms with van der Waals surface area (Å²) < 4.78 is 0. The highest BCUT2D eigenvalue weighted by atomic mass is 32.1. The minimum Gasteiger partial charge on any atom is -0.367 e. The van der Waals surface area contributed by atoms with Crippen LogP contribution >= 0.6 is 11.3 Å². The molecule has 0 spiro atoms. The molecule has 2 aromatic rings. The number of primary amides is 1. The average Bonchev–Trinajstić information content (AvgIpc) is 3.38. The molecule has 3 aliphatic heterocycles. The lowest BCUT2D eigenvalue weighted by Gasteiger charge is -2.43. The summed E-state index contributed by atoms with van der Waals surface area (Å²) in [5, 5.41) is 7.73. The van der Waals surface area contributed by atoms with E-state index < -0.39 is 5.91 Å². The number of amides is 2. The molecule has 2 fully saturated rings. The lowest BCUT2D eigenvalue weighted by molar-refractivity contribution is -0.134. The Bertz CT molecular complexity index is 938. The molecule has 0 aromatic carbocycles. The van der Waals surface area contributed by atoms with E-state index in [4.69, 9.17) is 5.73 Å². The van der Waals surface area contributed by atoms with Crippen LogP contribution in [0, 0.1) is 0 Å². The topological polar surface area (TPSA) is 104 Å². The smallest absolute Gasteiger partial charge is 0.261 e. The number of hydrogen-bond acceptors (Lipinski definition) is 7. The van der Waals surface area contributed by atoms with E-state index in [2.05, 4.69) is 20.5 Å². The second-order valence-corrected chi connectivity index (χ2v) is 8.72. The molecule has 28 heavy (non-hydrogen) atoms. The summed E-state index contributed by atoms with van der Waals surface area (Å²) in [6.07, 6.45) is 5.66. The molecule has 5 rings (SSSR count). The molecule has 9 heteroatoms. The number of nitrogens with zero attached hydrogens (tertiary/aromatic N) is 3. The summed E-state index contributed by atoms with van der Waals surface area (Å²) in [7, 11) is 0. The molecule has 0 unspecified atom stereocenters. The van der Waals surface area contributed by atoms with Crippen LogP contribution in [0.25, 0.3) is 10.2 Å². The van der Waals surface area contributed by atoms with Gasteiger partial charge in [0, 0.05) is 31.0 Å². The van der Waals surface area contributed by atoms with Crippen molar-refractivity contribution in [3.63, 3.8) is 0 Å². The van der Waals surface area contributed by atoms with Crippen molar-refractivity contribution in [2.45, 2.75) is 37.8 Å². The Kier molecular flexibility index (Phi) is 4.36. The number of piperidine rings is 1. The third-order valence-electron chi connectivity index (χ3n) is 6.03. The highest BCUT2D eigenvalue weighted by Gasteiger charge is 2.36. The van der Waals surface area contributed by atoms with Gasteiger partial charge in [0.15, 0.2) is 0 Å². The molecular weight excluding hydrogens is 376 g/mol. The molecule has 4 N–H and O–H groups in total. The SMILES string of the molecule is NC(=O)c1sc2nccc3c2c1N([C@@H]1CCCN(C(=O)[C@H]2CCCN2)C1)CN3. The number of thiophene rings is 1. The molecule has 148 valence electrons. The maximum absolute atomic E-state index is 12.9. The van der Waals surface area contributed by atoms with Crippen LogP contribution in [0.15, 0.2) is 12.3 Å². The summed E-state index contributed by atoms with van der Waals surface area (Å²) >= 11 is 1.35. The average molecular weight is 401 g/mol. The number of nitrogens with one attached hydrogen (secondary N) is 2. The zero-order valence-corrected chi connectivity index (χ0v) is 16.4. The standard InChI is InChI=1S/C19H24N6O2S/c20-17(26)16-15-14-12(5-7-22-18(14)28-16)23-10-25(15)11-3-2-8-24(9-11)19(27)13-4-1-6-21-13/h5,7,11,13,21,23H,1-4,6,8-10H2,(H2,20,26)/t11-,13-/m1/s1. The number of carbonyl (C=O) groups excluding carboxylic acids is 2. The summed E-state index contributed by atoms with van der Waals surface area (Å²) in [6, 6.07) is 2.04. The predicted octanol–water partition coefficient (Wildman–Crippen LogP) is 1.33. The number of anilines is 2. The lowest BCUT2D eigenvalue weighted by atomic mass is 10.0. The highest BCUT2D eigenvalue weighted by molar-refractivity contribution is 7.21. The van der Waals surface area contributed by atoms with Gasteiger partial charge in [-0.25, -0.2) is 4.98 Å². The Labute approximate surface area is 167 Å². The van der Waals surface area contributed by atoms with Gasteiger partial charge in [-0.15, -0.1) is 11.3 Å². The molecular formula is C19H24N6O2S. The third kappa shape index (κ3) is 2.80. The van der Waals surface area contributed by atoms with Crippen LogP contribution < -0.4 is 21.3 Å². The van der Waals surface area contributed by atoms with Gasteiger partial charge in [-0.3, -0.25) is 9.59 Å². The van der Waals surface area contributed by atoms with Crippen molar-refractivity contribution >= 4 is 44.7 Å². The summed E-state index contributed by atoms with van der Waals surface area (Å²) in [5.41, 5.74) is 7.57. The van der Waals surface area contributed by atoms with Crippen molar-refractivity contribution in [3.05, 3.63) is 17.1 Å². The van der Waals surface area contributed by atoms with Gasteiger partial charge in [-0.05, 0) is 38.3 Å². The third-order valence-corrected chi connectivity index (χ3v) is 7.13. The molecule has 2 atom stereocenters. The van der Waals surface area contributed by atoms with E-state index in [0.29, 0.717) is 18.1 Å². The number of carbonyl (C=O) groups is 2. The molecule has 0 aliphatic carbocycles. The quantitative estimate of drug-likeness (QED) is 0.718. The van der Waals surface area contributed by atoms with Crippen molar-refractivity contribution in [2.24, 2.45) is 5.73 Å². The fourth-order valence-electron chi connectivity index (χ4n) is 4.68. The summed E-state index contributed by atoms with van der Waals surface area (Å²) in [6.45, 7) is 2.98. The van der Waals surface area contributed by atoms with E-state index in [-0.39, 0.29) is 18.0 Å². The van der Waals surface area contributed by atoms with Crippen LogP contribution in [0.3, 0.4) is 0 Å². The van der Waals surface area contributed by atoms with E-state index in [1.807, 2.05) is 11.0 Å². The number of hydrogen-bond donors (Lipinski definition) is 3.